The van der Waals surface area contributed by atoms with Crippen LogP contribution in [0.15, 0.2) is 54.9 Å². The van der Waals surface area contributed by atoms with E-state index < -0.39 is 0 Å². The third-order valence-electron chi connectivity index (χ3n) is 5.40. The number of carbonyl (C=O) groups excluding carboxylic acids is 1. The van der Waals surface area contributed by atoms with Gasteiger partial charge in [-0.15, -0.1) is 0 Å². The Morgan fingerprint density at radius 3 is 2.55 bits per heavy atom. The van der Waals surface area contributed by atoms with Crippen LogP contribution in [0.1, 0.15) is 40.4 Å². The summed E-state index contributed by atoms with van der Waals surface area (Å²) in [6.07, 6.45) is 5.66. The molecule has 2 heterocycles. The van der Waals surface area contributed by atoms with Crippen LogP contribution >= 0.6 is 0 Å². The molecule has 0 bridgehead atoms. The van der Waals surface area contributed by atoms with Gasteiger partial charge in [0.25, 0.3) is 5.91 Å². The monoisotopic (exact) mass is 391 g/mol. The van der Waals surface area contributed by atoms with E-state index in [0.29, 0.717) is 5.56 Å². The van der Waals surface area contributed by atoms with E-state index in [2.05, 4.69) is 5.10 Å². The summed E-state index contributed by atoms with van der Waals surface area (Å²) in [5.41, 5.74) is 3.72. The van der Waals surface area contributed by atoms with Gasteiger partial charge in [-0.3, -0.25) is 4.79 Å². The highest BCUT2D eigenvalue weighted by molar-refractivity contribution is 5.95. The molecule has 1 aromatic heterocycles. The SMILES string of the molecule is COc1ccc(C2CCCN2C(=O)c2ccc(-n3cc(C)cn3)cc2)c(OC)c1. The van der Waals surface area contributed by atoms with Crippen molar-refractivity contribution in [3.63, 3.8) is 0 Å². The van der Waals surface area contributed by atoms with Gasteiger partial charge in [0.15, 0.2) is 0 Å². The summed E-state index contributed by atoms with van der Waals surface area (Å²) >= 11 is 0. The topological polar surface area (TPSA) is 56.6 Å². The average molecular weight is 391 g/mol. The first-order chi connectivity index (χ1) is 14.1. The summed E-state index contributed by atoms with van der Waals surface area (Å²) in [5, 5.41) is 4.32. The van der Waals surface area contributed by atoms with E-state index in [1.54, 1.807) is 14.2 Å². The molecule has 1 saturated heterocycles. The fourth-order valence-electron chi connectivity index (χ4n) is 3.90. The van der Waals surface area contributed by atoms with E-state index in [9.17, 15) is 4.79 Å². The quantitative estimate of drug-likeness (QED) is 0.655. The number of amides is 1. The first-order valence-electron chi connectivity index (χ1n) is 9.75. The third-order valence-corrected chi connectivity index (χ3v) is 5.40. The predicted molar refractivity (Wildman–Crippen MR) is 111 cm³/mol. The van der Waals surface area contributed by atoms with Gasteiger partial charge in [0.2, 0.25) is 0 Å². The molecule has 0 spiro atoms. The summed E-state index contributed by atoms with van der Waals surface area (Å²) in [6.45, 7) is 2.74. The van der Waals surface area contributed by atoms with Crippen molar-refractivity contribution in [3.8, 4) is 17.2 Å². The Balaban J connectivity index is 1.58. The second kappa shape index (κ2) is 7.99. The van der Waals surface area contributed by atoms with Crippen molar-refractivity contribution in [1.82, 2.24) is 14.7 Å². The molecule has 29 heavy (non-hydrogen) atoms. The molecule has 1 amide bonds. The van der Waals surface area contributed by atoms with E-state index >= 15 is 0 Å². The van der Waals surface area contributed by atoms with Crippen LogP contribution < -0.4 is 9.47 Å². The van der Waals surface area contributed by atoms with E-state index in [0.717, 1.165) is 47.7 Å². The summed E-state index contributed by atoms with van der Waals surface area (Å²) in [4.78, 5) is 15.2. The van der Waals surface area contributed by atoms with Crippen LogP contribution in [-0.4, -0.2) is 41.4 Å². The normalized spacial score (nSPS) is 16.1. The summed E-state index contributed by atoms with van der Waals surface area (Å²) in [5.74, 6) is 1.53. The van der Waals surface area contributed by atoms with Crippen molar-refractivity contribution in [1.29, 1.82) is 0 Å². The lowest BCUT2D eigenvalue weighted by molar-refractivity contribution is 0.0734. The number of benzene rings is 2. The van der Waals surface area contributed by atoms with E-state index in [1.165, 1.54) is 0 Å². The molecule has 1 aliphatic heterocycles. The Morgan fingerprint density at radius 1 is 1.10 bits per heavy atom. The van der Waals surface area contributed by atoms with Gasteiger partial charge in [0.1, 0.15) is 11.5 Å². The van der Waals surface area contributed by atoms with Crippen LogP contribution in [0.5, 0.6) is 11.5 Å². The van der Waals surface area contributed by atoms with Gasteiger partial charge < -0.3 is 14.4 Å². The molecule has 3 aromatic rings. The van der Waals surface area contributed by atoms with Crippen LogP contribution in [0.2, 0.25) is 0 Å². The fourth-order valence-corrected chi connectivity index (χ4v) is 3.90. The minimum absolute atomic E-state index is 0.00297. The molecule has 1 atom stereocenters. The Labute approximate surface area is 170 Å². The van der Waals surface area contributed by atoms with E-state index in [-0.39, 0.29) is 11.9 Å². The van der Waals surface area contributed by atoms with Crippen LogP contribution in [0.3, 0.4) is 0 Å². The van der Waals surface area contributed by atoms with Crippen LogP contribution in [-0.2, 0) is 0 Å². The molecule has 0 N–H and O–H groups in total. The zero-order chi connectivity index (χ0) is 20.4. The molecular formula is C23H25N3O3. The average Bonchev–Trinajstić information content (AvgIpc) is 3.42. The number of carbonyl (C=O) groups is 1. The number of likely N-dealkylation sites (tertiary alicyclic amines) is 1. The van der Waals surface area contributed by atoms with E-state index in [1.807, 2.05) is 71.4 Å². The first-order valence-corrected chi connectivity index (χ1v) is 9.75. The molecule has 6 nitrogen and oxygen atoms in total. The smallest absolute Gasteiger partial charge is 0.254 e. The molecule has 0 aliphatic carbocycles. The van der Waals surface area contributed by atoms with Crippen molar-refractivity contribution in [2.45, 2.75) is 25.8 Å². The van der Waals surface area contributed by atoms with Gasteiger partial charge >= 0.3 is 0 Å². The number of rotatable bonds is 5. The zero-order valence-corrected chi connectivity index (χ0v) is 17.0. The summed E-state index contributed by atoms with van der Waals surface area (Å²) in [7, 11) is 3.28. The Kier molecular flexibility index (Phi) is 5.25. The van der Waals surface area contributed by atoms with E-state index in [4.69, 9.17) is 9.47 Å². The number of hydrogen-bond donors (Lipinski definition) is 0. The maximum Gasteiger partial charge on any atom is 0.254 e. The Bertz CT molecular complexity index is 1010. The van der Waals surface area contributed by atoms with Crippen molar-refractivity contribution in [2.75, 3.05) is 20.8 Å². The molecule has 1 unspecified atom stereocenters. The minimum Gasteiger partial charge on any atom is -0.497 e. The van der Waals surface area contributed by atoms with Crippen molar-refractivity contribution in [2.24, 2.45) is 0 Å². The number of hydrogen-bond acceptors (Lipinski definition) is 4. The standard InChI is InChI=1S/C23H25N3O3/c1-16-14-24-26(15-16)18-8-6-17(7-9-18)23(27)25-12-4-5-21(25)20-11-10-19(28-2)13-22(20)29-3/h6-11,13-15,21H,4-5,12H2,1-3H3. The van der Waals surface area contributed by atoms with Crippen LogP contribution in [0.25, 0.3) is 5.69 Å². The predicted octanol–water partition coefficient (Wildman–Crippen LogP) is 4.18. The molecule has 0 radical (unpaired) electrons. The van der Waals surface area contributed by atoms with Gasteiger partial charge in [-0.05, 0) is 61.7 Å². The highest BCUT2D eigenvalue weighted by Gasteiger charge is 2.32. The zero-order valence-electron chi connectivity index (χ0n) is 17.0. The van der Waals surface area contributed by atoms with Gasteiger partial charge in [-0.25, -0.2) is 4.68 Å². The second-order valence-electron chi connectivity index (χ2n) is 7.27. The van der Waals surface area contributed by atoms with Crippen LogP contribution in [0, 0.1) is 6.92 Å². The molecule has 4 rings (SSSR count). The summed E-state index contributed by atoms with van der Waals surface area (Å²) in [6, 6.07) is 13.4. The molecule has 6 heteroatoms. The van der Waals surface area contributed by atoms with Crippen LogP contribution in [0.4, 0.5) is 0 Å². The molecular weight excluding hydrogens is 366 g/mol. The lowest BCUT2D eigenvalue weighted by Gasteiger charge is -2.26. The fraction of sp³-hybridized carbons (Fsp3) is 0.304. The molecule has 0 saturated carbocycles. The largest absolute Gasteiger partial charge is 0.497 e. The number of aromatic nitrogens is 2. The Morgan fingerprint density at radius 2 is 1.90 bits per heavy atom. The van der Waals surface area contributed by atoms with Gasteiger partial charge in [0, 0.05) is 29.9 Å². The number of aryl methyl sites for hydroxylation is 1. The number of ether oxygens (including phenoxy) is 2. The van der Waals surface area contributed by atoms with Crippen molar-refractivity contribution < 1.29 is 14.3 Å². The molecule has 1 fully saturated rings. The molecule has 150 valence electrons. The lowest BCUT2D eigenvalue weighted by atomic mass is 10.0. The number of methoxy groups -OCH3 is 2. The lowest BCUT2D eigenvalue weighted by Crippen LogP contribution is -2.30. The minimum atomic E-state index is -0.00297. The third kappa shape index (κ3) is 3.70. The molecule has 2 aromatic carbocycles. The number of nitrogens with zero attached hydrogens (tertiary/aromatic N) is 3. The van der Waals surface area contributed by atoms with Gasteiger partial charge in [-0.1, -0.05) is 0 Å². The van der Waals surface area contributed by atoms with Gasteiger partial charge in [-0.2, -0.15) is 5.10 Å². The highest BCUT2D eigenvalue weighted by atomic mass is 16.5. The van der Waals surface area contributed by atoms with Crippen molar-refractivity contribution >= 4 is 5.91 Å². The molecule has 1 aliphatic rings. The highest BCUT2D eigenvalue weighted by Crippen LogP contribution is 2.39. The second-order valence-corrected chi connectivity index (χ2v) is 7.27. The first kappa shape index (κ1) is 19.1. The van der Waals surface area contributed by atoms with Crippen molar-refractivity contribution in [3.05, 3.63) is 71.5 Å². The maximum atomic E-state index is 13.2. The van der Waals surface area contributed by atoms with Gasteiger partial charge in [0.05, 0.1) is 32.1 Å². The summed E-state index contributed by atoms with van der Waals surface area (Å²) < 4.78 is 12.7. The Hall–Kier alpha value is -3.28. The maximum absolute atomic E-state index is 13.2.